The number of likely N-dealkylation sites (tertiary alicyclic amines) is 1. The Bertz CT molecular complexity index is 206. The number of carbonyl (C=O) groups is 1. The highest BCUT2D eigenvalue weighted by molar-refractivity contribution is 5.66. The first-order valence-corrected chi connectivity index (χ1v) is 4.38. The number of aliphatic hydroxyl groups excluding tert-OH is 1. The number of nitrogens with zero attached hydrogens (tertiary/aromatic N) is 1. The minimum absolute atomic E-state index is 0.109. The minimum atomic E-state index is -0.886. The molecule has 1 heterocycles. The molecule has 2 rings (SSSR count). The van der Waals surface area contributed by atoms with Crippen LogP contribution in [0.3, 0.4) is 0 Å². The Morgan fingerprint density at radius 1 is 1.33 bits per heavy atom. The molecular weight excluding hydrogens is 158 g/mol. The molecule has 0 aromatic rings. The molecule has 0 aromatic carbocycles. The standard InChI is InChI=1S/C8H13NO3/c10-6-2-1-5-3-4-9(7(5)6)8(11)12/h5-7,10H,1-4H2,(H,11,12)/t5-,6+,7+/m1/s1. The van der Waals surface area contributed by atoms with Crippen LogP contribution in [0.15, 0.2) is 0 Å². The van der Waals surface area contributed by atoms with Crippen molar-refractivity contribution in [3.63, 3.8) is 0 Å². The molecule has 0 unspecified atom stereocenters. The zero-order chi connectivity index (χ0) is 8.72. The van der Waals surface area contributed by atoms with Crippen LogP contribution in [0.25, 0.3) is 0 Å². The molecule has 1 saturated carbocycles. The molecule has 2 aliphatic rings. The van der Waals surface area contributed by atoms with Crippen LogP contribution in [0.4, 0.5) is 4.79 Å². The highest BCUT2D eigenvalue weighted by Crippen LogP contribution is 2.37. The average Bonchev–Trinajstić information content (AvgIpc) is 2.53. The average molecular weight is 171 g/mol. The van der Waals surface area contributed by atoms with Crippen molar-refractivity contribution in [2.45, 2.75) is 31.4 Å². The maximum atomic E-state index is 10.7. The molecule has 0 aromatic heterocycles. The van der Waals surface area contributed by atoms with E-state index in [0.29, 0.717) is 12.5 Å². The van der Waals surface area contributed by atoms with E-state index < -0.39 is 12.2 Å². The Morgan fingerprint density at radius 2 is 2.08 bits per heavy atom. The summed E-state index contributed by atoms with van der Waals surface area (Å²) in [5, 5.41) is 18.3. The second kappa shape index (κ2) is 2.62. The fourth-order valence-electron chi connectivity index (χ4n) is 2.49. The first kappa shape index (κ1) is 7.86. The molecule has 12 heavy (non-hydrogen) atoms. The maximum Gasteiger partial charge on any atom is 0.407 e. The van der Waals surface area contributed by atoms with Crippen LogP contribution in [-0.2, 0) is 0 Å². The fraction of sp³-hybridized carbons (Fsp3) is 0.875. The van der Waals surface area contributed by atoms with Gasteiger partial charge in [-0.25, -0.2) is 4.79 Å². The Hall–Kier alpha value is -0.770. The summed E-state index contributed by atoms with van der Waals surface area (Å²) in [7, 11) is 0. The molecule has 4 heteroatoms. The SMILES string of the molecule is O=C(O)N1CC[C@H]2CC[C@H](O)[C@H]21. The number of hydrogen-bond acceptors (Lipinski definition) is 2. The van der Waals surface area contributed by atoms with E-state index in [1.54, 1.807) is 0 Å². The van der Waals surface area contributed by atoms with Crippen molar-refractivity contribution in [2.24, 2.45) is 5.92 Å². The van der Waals surface area contributed by atoms with Crippen molar-refractivity contribution < 1.29 is 15.0 Å². The van der Waals surface area contributed by atoms with E-state index in [0.717, 1.165) is 19.3 Å². The number of hydrogen-bond donors (Lipinski definition) is 2. The van der Waals surface area contributed by atoms with Crippen molar-refractivity contribution >= 4 is 6.09 Å². The maximum absolute atomic E-state index is 10.7. The third-order valence-electron chi connectivity index (χ3n) is 3.06. The Kier molecular flexibility index (Phi) is 1.72. The molecule has 1 saturated heterocycles. The monoisotopic (exact) mass is 171 g/mol. The molecule has 3 atom stereocenters. The van der Waals surface area contributed by atoms with Crippen molar-refractivity contribution in [1.82, 2.24) is 4.90 Å². The molecular formula is C8H13NO3. The number of aliphatic hydroxyl groups is 1. The minimum Gasteiger partial charge on any atom is -0.465 e. The number of fused-ring (bicyclic) bond motifs is 1. The molecule has 68 valence electrons. The largest absolute Gasteiger partial charge is 0.465 e. The molecule has 4 nitrogen and oxygen atoms in total. The number of rotatable bonds is 0. The summed E-state index contributed by atoms with van der Waals surface area (Å²) in [6.45, 7) is 0.599. The molecule has 2 fully saturated rings. The van der Waals surface area contributed by atoms with E-state index in [9.17, 15) is 9.90 Å². The second-order valence-electron chi connectivity index (χ2n) is 3.66. The molecule has 1 aliphatic heterocycles. The molecule has 2 N–H and O–H groups in total. The van der Waals surface area contributed by atoms with Gasteiger partial charge in [0.25, 0.3) is 0 Å². The van der Waals surface area contributed by atoms with Gasteiger partial charge in [0, 0.05) is 6.54 Å². The van der Waals surface area contributed by atoms with E-state index in [1.165, 1.54) is 4.90 Å². The lowest BCUT2D eigenvalue weighted by molar-refractivity contribution is 0.0767. The van der Waals surface area contributed by atoms with Gasteiger partial charge in [-0.15, -0.1) is 0 Å². The third-order valence-corrected chi connectivity index (χ3v) is 3.06. The van der Waals surface area contributed by atoms with E-state index in [1.807, 2.05) is 0 Å². The highest BCUT2D eigenvalue weighted by Gasteiger charge is 2.45. The summed E-state index contributed by atoms with van der Waals surface area (Å²) >= 11 is 0. The highest BCUT2D eigenvalue weighted by atomic mass is 16.4. The van der Waals surface area contributed by atoms with Gasteiger partial charge in [-0.2, -0.15) is 0 Å². The first-order chi connectivity index (χ1) is 5.70. The zero-order valence-corrected chi connectivity index (χ0v) is 6.81. The van der Waals surface area contributed by atoms with Crippen molar-refractivity contribution in [3.05, 3.63) is 0 Å². The zero-order valence-electron chi connectivity index (χ0n) is 6.81. The third kappa shape index (κ3) is 0.982. The first-order valence-electron chi connectivity index (χ1n) is 4.38. The quantitative estimate of drug-likeness (QED) is 0.558. The van der Waals surface area contributed by atoms with E-state index in [2.05, 4.69) is 0 Å². The predicted molar refractivity (Wildman–Crippen MR) is 41.9 cm³/mol. The molecule has 0 radical (unpaired) electrons. The van der Waals surface area contributed by atoms with E-state index in [4.69, 9.17) is 5.11 Å². The summed E-state index contributed by atoms with van der Waals surface area (Å²) < 4.78 is 0. The summed E-state index contributed by atoms with van der Waals surface area (Å²) in [5.74, 6) is 0.413. The molecule has 0 bridgehead atoms. The van der Waals surface area contributed by atoms with Gasteiger partial charge in [-0.1, -0.05) is 0 Å². The van der Waals surface area contributed by atoms with Crippen molar-refractivity contribution in [2.75, 3.05) is 6.54 Å². The summed E-state index contributed by atoms with van der Waals surface area (Å²) in [5.41, 5.74) is 0. The normalized spacial score (nSPS) is 40.1. The van der Waals surface area contributed by atoms with Crippen molar-refractivity contribution in [1.29, 1.82) is 0 Å². The van der Waals surface area contributed by atoms with Gasteiger partial charge in [-0.05, 0) is 25.2 Å². The van der Waals surface area contributed by atoms with Gasteiger partial charge in [0.1, 0.15) is 0 Å². The fourth-order valence-corrected chi connectivity index (χ4v) is 2.49. The van der Waals surface area contributed by atoms with Crippen LogP contribution in [0.5, 0.6) is 0 Å². The van der Waals surface area contributed by atoms with Crippen LogP contribution in [0, 0.1) is 5.92 Å². The van der Waals surface area contributed by atoms with Gasteiger partial charge in [0.15, 0.2) is 0 Å². The summed E-state index contributed by atoms with van der Waals surface area (Å²) in [6, 6.07) is -0.109. The van der Waals surface area contributed by atoms with Crippen LogP contribution in [-0.4, -0.2) is 39.9 Å². The van der Waals surface area contributed by atoms with Crippen LogP contribution in [0.2, 0.25) is 0 Å². The van der Waals surface area contributed by atoms with Crippen LogP contribution >= 0.6 is 0 Å². The van der Waals surface area contributed by atoms with Gasteiger partial charge in [0.05, 0.1) is 12.1 Å². The summed E-state index contributed by atoms with van der Waals surface area (Å²) in [6.07, 6.45) is 1.36. The lowest BCUT2D eigenvalue weighted by Gasteiger charge is -2.23. The smallest absolute Gasteiger partial charge is 0.407 e. The molecule has 0 spiro atoms. The van der Waals surface area contributed by atoms with Crippen LogP contribution < -0.4 is 0 Å². The Labute approximate surface area is 70.8 Å². The van der Waals surface area contributed by atoms with E-state index in [-0.39, 0.29) is 6.04 Å². The number of amides is 1. The summed E-state index contributed by atoms with van der Waals surface area (Å²) in [4.78, 5) is 12.1. The Balaban J connectivity index is 2.14. The van der Waals surface area contributed by atoms with E-state index >= 15 is 0 Å². The predicted octanol–water partition coefficient (Wildman–Crippen LogP) is 0.510. The molecule has 1 amide bonds. The van der Waals surface area contributed by atoms with Gasteiger partial charge in [-0.3, -0.25) is 0 Å². The Morgan fingerprint density at radius 3 is 2.75 bits per heavy atom. The van der Waals surface area contributed by atoms with Gasteiger partial charge in [0.2, 0.25) is 0 Å². The van der Waals surface area contributed by atoms with Gasteiger partial charge >= 0.3 is 6.09 Å². The lowest BCUT2D eigenvalue weighted by atomic mass is 10.0. The van der Waals surface area contributed by atoms with Gasteiger partial charge < -0.3 is 15.1 Å². The molecule has 1 aliphatic carbocycles. The topological polar surface area (TPSA) is 60.8 Å². The van der Waals surface area contributed by atoms with Crippen molar-refractivity contribution in [3.8, 4) is 0 Å². The lowest BCUT2D eigenvalue weighted by Crippen LogP contribution is -2.41. The number of carboxylic acid groups (broad SMARTS) is 1. The van der Waals surface area contributed by atoms with Crippen LogP contribution in [0.1, 0.15) is 19.3 Å². The second-order valence-corrected chi connectivity index (χ2v) is 3.66.